The van der Waals surface area contributed by atoms with Gasteiger partial charge in [-0.05, 0) is 24.8 Å². The molecule has 4 heteroatoms. The van der Waals surface area contributed by atoms with E-state index in [-0.39, 0.29) is 10.8 Å². The molecule has 0 aromatic heterocycles. The lowest BCUT2D eigenvalue weighted by Gasteiger charge is -2.43. The molecule has 0 amide bonds. The van der Waals surface area contributed by atoms with Crippen LogP contribution in [0.2, 0.25) is 0 Å². The van der Waals surface area contributed by atoms with Crippen LogP contribution < -0.4 is 5.73 Å². The second kappa shape index (κ2) is 6.02. The van der Waals surface area contributed by atoms with Gasteiger partial charge in [-0.3, -0.25) is 0 Å². The van der Waals surface area contributed by atoms with Crippen molar-refractivity contribution in [2.75, 3.05) is 26.8 Å². The Labute approximate surface area is 120 Å². The number of halogens is 1. The molecule has 0 spiro atoms. The molecule has 2 N–H and O–H groups in total. The van der Waals surface area contributed by atoms with Crippen molar-refractivity contribution >= 4 is 11.6 Å². The highest BCUT2D eigenvalue weighted by molar-refractivity contribution is 6.22. The molecule has 1 heterocycles. The Bertz CT molecular complexity index is 395. The van der Waals surface area contributed by atoms with Crippen LogP contribution in [-0.2, 0) is 4.74 Å². The van der Waals surface area contributed by atoms with E-state index in [4.69, 9.17) is 22.1 Å². The number of rotatable bonds is 4. The van der Waals surface area contributed by atoms with Crippen LogP contribution in [0, 0.1) is 5.41 Å². The van der Waals surface area contributed by atoms with Crippen molar-refractivity contribution in [1.29, 1.82) is 0 Å². The zero-order chi connectivity index (χ0) is 13.9. The summed E-state index contributed by atoms with van der Waals surface area (Å²) in [5.74, 6) is 0.667. The maximum Gasteiger partial charge on any atom is 0.0912 e. The molecule has 2 rings (SSSR count). The molecular weight excluding hydrogens is 260 g/mol. The van der Waals surface area contributed by atoms with Crippen molar-refractivity contribution in [3.05, 3.63) is 36.2 Å². The molecule has 1 saturated heterocycles. The summed E-state index contributed by atoms with van der Waals surface area (Å²) in [5, 5.41) is 0.132. The zero-order valence-corrected chi connectivity index (χ0v) is 12.3. The van der Waals surface area contributed by atoms with E-state index < -0.39 is 0 Å². The fourth-order valence-electron chi connectivity index (χ4n) is 3.00. The van der Waals surface area contributed by atoms with E-state index in [0.717, 1.165) is 39.0 Å². The first-order chi connectivity index (χ1) is 9.07. The van der Waals surface area contributed by atoms with Crippen molar-refractivity contribution in [3.63, 3.8) is 0 Å². The average molecular weight is 283 g/mol. The van der Waals surface area contributed by atoms with Crippen molar-refractivity contribution < 1.29 is 4.74 Å². The molecule has 1 unspecified atom stereocenters. The van der Waals surface area contributed by atoms with Crippen LogP contribution in [-0.4, -0.2) is 37.1 Å². The summed E-state index contributed by atoms with van der Waals surface area (Å²) in [7, 11) is 1.77. The van der Waals surface area contributed by atoms with Crippen molar-refractivity contribution in [3.8, 4) is 0 Å². The van der Waals surface area contributed by atoms with Gasteiger partial charge in [-0.15, -0.1) is 11.6 Å². The van der Waals surface area contributed by atoms with E-state index in [2.05, 4.69) is 29.7 Å². The third-order valence-electron chi connectivity index (χ3n) is 4.21. The SMILES string of the molecule is C=C(N)N1CCC(COC)(C2=CCC(Cl)C=C2)CC1. The minimum Gasteiger partial charge on any atom is -0.386 e. The lowest BCUT2D eigenvalue weighted by molar-refractivity contribution is 0.0572. The van der Waals surface area contributed by atoms with Gasteiger partial charge < -0.3 is 15.4 Å². The Morgan fingerprint density at radius 3 is 2.74 bits per heavy atom. The first kappa shape index (κ1) is 14.5. The van der Waals surface area contributed by atoms with Gasteiger partial charge in [-0.1, -0.05) is 24.8 Å². The molecule has 0 aromatic rings. The molecule has 1 atom stereocenters. The van der Waals surface area contributed by atoms with E-state index in [1.165, 1.54) is 5.57 Å². The Kier molecular flexibility index (Phi) is 4.58. The van der Waals surface area contributed by atoms with E-state index in [1.54, 1.807) is 7.11 Å². The summed E-state index contributed by atoms with van der Waals surface area (Å²) in [6.45, 7) is 6.45. The van der Waals surface area contributed by atoms with Crippen molar-refractivity contribution in [1.82, 2.24) is 4.90 Å². The van der Waals surface area contributed by atoms with Crippen LogP contribution in [0.4, 0.5) is 0 Å². The molecule has 1 fully saturated rings. The normalized spacial score (nSPS) is 26.1. The first-order valence-corrected chi connectivity index (χ1v) is 7.22. The van der Waals surface area contributed by atoms with Gasteiger partial charge in [0.15, 0.2) is 0 Å². The monoisotopic (exact) mass is 282 g/mol. The number of ether oxygens (including phenoxy) is 1. The van der Waals surface area contributed by atoms with Gasteiger partial charge in [0, 0.05) is 25.6 Å². The molecule has 0 aromatic carbocycles. The molecule has 106 valence electrons. The highest BCUT2D eigenvalue weighted by Crippen LogP contribution is 2.41. The fourth-order valence-corrected chi connectivity index (χ4v) is 3.16. The number of hydrogen-bond acceptors (Lipinski definition) is 3. The molecule has 0 radical (unpaired) electrons. The minimum absolute atomic E-state index is 0.105. The van der Waals surface area contributed by atoms with Crippen molar-refractivity contribution in [2.24, 2.45) is 11.1 Å². The molecule has 2 aliphatic rings. The smallest absolute Gasteiger partial charge is 0.0912 e. The van der Waals surface area contributed by atoms with Crippen LogP contribution in [0.1, 0.15) is 19.3 Å². The van der Waals surface area contributed by atoms with E-state index in [0.29, 0.717) is 5.82 Å². The molecule has 1 aliphatic heterocycles. The molecule has 0 saturated carbocycles. The summed E-state index contributed by atoms with van der Waals surface area (Å²) in [6.07, 6.45) is 9.52. The van der Waals surface area contributed by atoms with Crippen molar-refractivity contribution in [2.45, 2.75) is 24.6 Å². The lowest BCUT2D eigenvalue weighted by Crippen LogP contribution is -2.44. The maximum atomic E-state index is 6.11. The van der Waals surface area contributed by atoms with Gasteiger partial charge in [0.25, 0.3) is 0 Å². The topological polar surface area (TPSA) is 38.5 Å². The predicted molar refractivity (Wildman–Crippen MR) is 79.9 cm³/mol. The number of nitrogens with two attached hydrogens (primary N) is 1. The first-order valence-electron chi connectivity index (χ1n) is 6.78. The van der Waals surface area contributed by atoms with Crippen LogP contribution in [0.15, 0.2) is 36.2 Å². The molecule has 3 nitrogen and oxygen atoms in total. The second-order valence-electron chi connectivity index (χ2n) is 5.46. The highest BCUT2D eigenvalue weighted by atomic mass is 35.5. The van der Waals surface area contributed by atoms with Gasteiger partial charge in [0.05, 0.1) is 17.8 Å². The molecule has 0 bridgehead atoms. The summed E-state index contributed by atoms with van der Waals surface area (Å²) in [5.41, 5.74) is 7.25. The quantitative estimate of drug-likeness (QED) is 0.806. The molecule has 19 heavy (non-hydrogen) atoms. The number of alkyl halides is 1. The number of nitrogens with zero attached hydrogens (tertiary/aromatic N) is 1. The number of likely N-dealkylation sites (tertiary alicyclic amines) is 1. The fraction of sp³-hybridized carbons (Fsp3) is 0.600. The number of methoxy groups -OCH3 is 1. The van der Waals surface area contributed by atoms with Gasteiger partial charge in [-0.2, -0.15) is 0 Å². The van der Waals surface area contributed by atoms with Crippen LogP contribution in [0.3, 0.4) is 0 Å². The van der Waals surface area contributed by atoms with Crippen LogP contribution >= 0.6 is 11.6 Å². The summed E-state index contributed by atoms with van der Waals surface area (Å²) >= 11 is 6.11. The Balaban J connectivity index is 2.12. The number of hydrogen-bond donors (Lipinski definition) is 1. The van der Waals surface area contributed by atoms with E-state index in [9.17, 15) is 0 Å². The van der Waals surface area contributed by atoms with Gasteiger partial charge in [0.1, 0.15) is 0 Å². The predicted octanol–water partition coefficient (Wildman–Crippen LogP) is 2.64. The summed E-state index contributed by atoms with van der Waals surface area (Å²) in [6, 6.07) is 0. The van der Waals surface area contributed by atoms with Gasteiger partial charge in [0.2, 0.25) is 0 Å². The second-order valence-corrected chi connectivity index (χ2v) is 6.02. The molecular formula is C15H23ClN2O. The third-order valence-corrected chi connectivity index (χ3v) is 4.53. The lowest BCUT2D eigenvalue weighted by atomic mass is 9.71. The van der Waals surface area contributed by atoms with Gasteiger partial charge >= 0.3 is 0 Å². The third kappa shape index (κ3) is 3.15. The summed E-state index contributed by atoms with van der Waals surface area (Å²) in [4.78, 5) is 2.14. The maximum absolute atomic E-state index is 6.11. The van der Waals surface area contributed by atoms with Gasteiger partial charge in [-0.25, -0.2) is 0 Å². The van der Waals surface area contributed by atoms with Crippen LogP contribution in [0.5, 0.6) is 0 Å². The number of allylic oxidation sites excluding steroid dienone is 3. The number of piperidine rings is 1. The molecule has 1 aliphatic carbocycles. The highest BCUT2D eigenvalue weighted by Gasteiger charge is 2.37. The average Bonchev–Trinajstić information content (AvgIpc) is 2.40. The van der Waals surface area contributed by atoms with Crippen LogP contribution in [0.25, 0.3) is 0 Å². The Morgan fingerprint density at radius 2 is 2.26 bits per heavy atom. The Morgan fingerprint density at radius 1 is 1.58 bits per heavy atom. The zero-order valence-electron chi connectivity index (χ0n) is 11.6. The Hall–Kier alpha value is -0.930. The summed E-state index contributed by atoms with van der Waals surface area (Å²) < 4.78 is 5.48. The van der Waals surface area contributed by atoms with E-state index >= 15 is 0 Å². The minimum atomic E-state index is 0.105. The standard InChI is InChI=1S/C15H23ClN2O/c1-12(17)18-9-7-15(8-10-18,11-19-2)13-3-5-14(16)6-4-13/h3-5,14H,1,6-11,17H2,2H3. The van der Waals surface area contributed by atoms with E-state index in [1.807, 2.05) is 0 Å². The largest absolute Gasteiger partial charge is 0.386 e.